The molecule has 4 heterocycles. The Morgan fingerprint density at radius 2 is 2.10 bits per heavy atom. The number of benzene rings is 1. The molecule has 1 aliphatic rings. The van der Waals surface area contributed by atoms with Crippen LogP contribution in [0.5, 0.6) is 0 Å². The van der Waals surface area contributed by atoms with Gasteiger partial charge in [0, 0.05) is 57.8 Å². The summed E-state index contributed by atoms with van der Waals surface area (Å²) < 4.78 is 20.2. The minimum absolute atomic E-state index is 0.0230. The van der Waals surface area contributed by atoms with Gasteiger partial charge in [-0.3, -0.25) is 14.7 Å². The summed E-state index contributed by atoms with van der Waals surface area (Å²) in [5.74, 6) is 0.373. The lowest BCUT2D eigenvalue weighted by Crippen LogP contribution is -2.26. The third kappa shape index (κ3) is 5.45. The van der Waals surface area contributed by atoms with Gasteiger partial charge in [-0.15, -0.1) is 0 Å². The first-order valence-electron chi connectivity index (χ1n) is 12.9. The van der Waals surface area contributed by atoms with E-state index in [1.54, 1.807) is 31.3 Å². The SMILES string of the molecule is CC(C)c1noc(C(=O)NCc2ccc(-c3ccnc4[nH]nc(N5CC[C@@H](CC(=O)N(C)C)C5)c34)cc2F)n1. The third-order valence-corrected chi connectivity index (χ3v) is 6.95. The minimum atomic E-state index is -0.562. The second kappa shape index (κ2) is 10.8. The van der Waals surface area contributed by atoms with Crippen LogP contribution in [0.15, 0.2) is 35.0 Å². The maximum Gasteiger partial charge on any atom is 0.315 e. The normalized spacial score (nSPS) is 15.3. The Balaban J connectivity index is 1.33. The van der Waals surface area contributed by atoms with Crippen LogP contribution in [0.2, 0.25) is 0 Å². The van der Waals surface area contributed by atoms with Crippen molar-refractivity contribution in [3.8, 4) is 11.1 Å². The molecule has 11 nitrogen and oxygen atoms in total. The number of anilines is 1. The number of carbonyl (C=O) groups is 2. The molecule has 204 valence electrons. The highest BCUT2D eigenvalue weighted by Crippen LogP contribution is 2.36. The summed E-state index contributed by atoms with van der Waals surface area (Å²) >= 11 is 0. The molecular weight excluding hydrogens is 503 g/mol. The Morgan fingerprint density at radius 3 is 2.82 bits per heavy atom. The standard InChI is InChI=1S/C27H31FN8O3/c1-15(2)23-31-27(39-34-23)26(38)30-13-18-6-5-17(12-20(18)28)19-7-9-29-24-22(19)25(33-32-24)36-10-8-16(14-36)11-21(37)35(3)4/h5-7,9,12,15-16H,8,10-11,13-14H2,1-4H3,(H,30,38)(H,29,32,33)/t16-/m0/s1. The van der Waals surface area contributed by atoms with Crippen molar-refractivity contribution in [2.24, 2.45) is 5.92 Å². The Labute approximate surface area is 224 Å². The second-order valence-corrected chi connectivity index (χ2v) is 10.3. The number of aromatic amines is 1. The highest BCUT2D eigenvalue weighted by molar-refractivity contribution is 6.00. The molecule has 0 unspecified atom stereocenters. The van der Waals surface area contributed by atoms with Gasteiger partial charge in [0.1, 0.15) is 5.82 Å². The van der Waals surface area contributed by atoms with E-state index in [2.05, 4.69) is 35.5 Å². The van der Waals surface area contributed by atoms with Crippen LogP contribution in [-0.2, 0) is 11.3 Å². The summed E-state index contributed by atoms with van der Waals surface area (Å²) in [5.41, 5.74) is 2.38. The van der Waals surface area contributed by atoms with Crippen molar-refractivity contribution in [2.45, 2.75) is 39.2 Å². The zero-order valence-electron chi connectivity index (χ0n) is 22.4. The van der Waals surface area contributed by atoms with Crippen molar-refractivity contribution in [2.75, 3.05) is 32.1 Å². The number of halogens is 1. The fourth-order valence-corrected chi connectivity index (χ4v) is 4.70. The molecule has 0 radical (unpaired) electrons. The molecule has 2 amide bonds. The van der Waals surface area contributed by atoms with E-state index >= 15 is 4.39 Å². The molecular formula is C27H31FN8O3. The van der Waals surface area contributed by atoms with E-state index in [4.69, 9.17) is 4.52 Å². The number of H-pyrrole nitrogens is 1. The number of nitrogens with zero attached hydrogens (tertiary/aromatic N) is 6. The molecule has 1 atom stereocenters. The fraction of sp³-hybridized carbons (Fsp3) is 0.407. The quantitative estimate of drug-likeness (QED) is 0.351. The maximum absolute atomic E-state index is 15.2. The van der Waals surface area contributed by atoms with Crippen LogP contribution >= 0.6 is 0 Å². The van der Waals surface area contributed by atoms with Gasteiger partial charge in [0.15, 0.2) is 17.3 Å². The summed E-state index contributed by atoms with van der Waals surface area (Å²) in [7, 11) is 3.53. The van der Waals surface area contributed by atoms with Crippen molar-refractivity contribution >= 4 is 28.7 Å². The van der Waals surface area contributed by atoms with E-state index in [1.165, 1.54) is 6.07 Å². The number of pyridine rings is 1. The van der Waals surface area contributed by atoms with Crippen LogP contribution in [0.25, 0.3) is 22.2 Å². The van der Waals surface area contributed by atoms with Gasteiger partial charge in [-0.2, -0.15) is 10.1 Å². The minimum Gasteiger partial charge on any atom is -0.354 e. The third-order valence-electron chi connectivity index (χ3n) is 6.95. The van der Waals surface area contributed by atoms with E-state index in [0.29, 0.717) is 35.6 Å². The van der Waals surface area contributed by atoms with Crippen LogP contribution in [0.1, 0.15) is 54.7 Å². The Bertz CT molecular complexity index is 1510. The molecule has 1 aromatic carbocycles. The van der Waals surface area contributed by atoms with Crippen LogP contribution in [0.3, 0.4) is 0 Å². The largest absolute Gasteiger partial charge is 0.354 e. The average Bonchev–Trinajstić information content (AvgIpc) is 3.67. The van der Waals surface area contributed by atoms with Crippen LogP contribution in [-0.4, -0.2) is 69.2 Å². The van der Waals surface area contributed by atoms with Crippen molar-refractivity contribution in [3.05, 3.63) is 53.6 Å². The lowest BCUT2D eigenvalue weighted by molar-refractivity contribution is -0.129. The smallest absolute Gasteiger partial charge is 0.315 e. The second-order valence-electron chi connectivity index (χ2n) is 10.3. The molecule has 5 rings (SSSR count). The number of nitrogens with one attached hydrogen (secondary N) is 2. The highest BCUT2D eigenvalue weighted by atomic mass is 19.1. The molecule has 2 N–H and O–H groups in total. The molecule has 0 saturated carbocycles. The predicted molar refractivity (Wildman–Crippen MR) is 142 cm³/mol. The number of fused-ring (bicyclic) bond motifs is 1. The number of carbonyl (C=O) groups excluding carboxylic acids is 2. The zero-order chi connectivity index (χ0) is 27.7. The van der Waals surface area contributed by atoms with Gasteiger partial charge in [0.2, 0.25) is 5.91 Å². The molecule has 1 aliphatic heterocycles. The van der Waals surface area contributed by atoms with E-state index in [0.717, 1.165) is 29.7 Å². The fourth-order valence-electron chi connectivity index (χ4n) is 4.70. The van der Waals surface area contributed by atoms with Gasteiger partial charge in [0.05, 0.1) is 5.39 Å². The van der Waals surface area contributed by atoms with Gasteiger partial charge < -0.3 is 19.6 Å². The summed E-state index contributed by atoms with van der Waals surface area (Å²) in [4.78, 5) is 36.8. The molecule has 4 aromatic rings. The molecule has 0 aliphatic carbocycles. The Hall–Kier alpha value is -4.35. The molecule has 1 saturated heterocycles. The van der Waals surface area contributed by atoms with E-state index in [1.807, 2.05) is 26.0 Å². The lowest BCUT2D eigenvalue weighted by atomic mass is 10.0. The molecule has 3 aromatic heterocycles. The van der Waals surface area contributed by atoms with Crippen LogP contribution in [0.4, 0.5) is 10.2 Å². The summed E-state index contributed by atoms with van der Waals surface area (Å²) in [6, 6.07) is 6.73. The molecule has 39 heavy (non-hydrogen) atoms. The molecule has 0 bridgehead atoms. The van der Waals surface area contributed by atoms with Crippen LogP contribution in [0, 0.1) is 11.7 Å². The predicted octanol–water partition coefficient (Wildman–Crippen LogP) is 3.51. The molecule has 12 heteroatoms. The van der Waals surface area contributed by atoms with Gasteiger partial charge in [-0.05, 0) is 35.6 Å². The van der Waals surface area contributed by atoms with Crippen molar-refractivity contribution in [1.29, 1.82) is 0 Å². The average molecular weight is 535 g/mol. The number of aromatic nitrogens is 5. The van der Waals surface area contributed by atoms with E-state index < -0.39 is 11.7 Å². The van der Waals surface area contributed by atoms with E-state index in [9.17, 15) is 9.59 Å². The lowest BCUT2D eigenvalue weighted by Gasteiger charge is -2.18. The topological polar surface area (TPSA) is 133 Å². The molecule has 1 fully saturated rings. The van der Waals surface area contributed by atoms with Crippen molar-refractivity contribution in [1.82, 2.24) is 35.5 Å². The van der Waals surface area contributed by atoms with Crippen LogP contribution < -0.4 is 10.2 Å². The monoisotopic (exact) mass is 534 g/mol. The van der Waals surface area contributed by atoms with Gasteiger partial charge in [-0.1, -0.05) is 31.1 Å². The highest BCUT2D eigenvalue weighted by Gasteiger charge is 2.29. The maximum atomic E-state index is 15.2. The first-order chi connectivity index (χ1) is 18.7. The van der Waals surface area contributed by atoms with Crippen molar-refractivity contribution < 1.29 is 18.5 Å². The van der Waals surface area contributed by atoms with Gasteiger partial charge >= 0.3 is 11.8 Å². The summed E-state index contributed by atoms with van der Waals surface area (Å²) in [6.07, 6.45) is 3.04. The van der Waals surface area contributed by atoms with Gasteiger partial charge in [-0.25, -0.2) is 9.37 Å². The first kappa shape index (κ1) is 26.3. The molecule has 0 spiro atoms. The Morgan fingerprint density at radius 1 is 1.28 bits per heavy atom. The number of hydrogen-bond acceptors (Lipinski definition) is 8. The van der Waals surface area contributed by atoms with Crippen molar-refractivity contribution in [3.63, 3.8) is 0 Å². The summed E-state index contributed by atoms with van der Waals surface area (Å²) in [6.45, 7) is 5.23. The summed E-state index contributed by atoms with van der Waals surface area (Å²) in [5, 5.41) is 14.7. The zero-order valence-corrected chi connectivity index (χ0v) is 22.4. The number of amides is 2. The number of hydrogen-bond donors (Lipinski definition) is 2. The Kier molecular flexibility index (Phi) is 7.27. The van der Waals surface area contributed by atoms with Gasteiger partial charge in [0.25, 0.3) is 0 Å². The number of rotatable bonds is 8. The first-order valence-corrected chi connectivity index (χ1v) is 12.9. The van der Waals surface area contributed by atoms with E-state index in [-0.39, 0.29) is 30.2 Å².